The smallest absolute Gasteiger partial charge is 0.312 e. The first-order valence-corrected chi connectivity index (χ1v) is 8.86. The van der Waals surface area contributed by atoms with Gasteiger partial charge in [0.25, 0.3) is 5.91 Å². The van der Waals surface area contributed by atoms with Crippen LogP contribution in [0.25, 0.3) is 0 Å². The Balaban J connectivity index is 1.54. The van der Waals surface area contributed by atoms with Crippen molar-refractivity contribution < 1.29 is 18.0 Å². The molecule has 130 valence electrons. The summed E-state index contributed by atoms with van der Waals surface area (Å²) >= 11 is 0. The highest BCUT2D eigenvalue weighted by molar-refractivity contribution is 6.09. The fraction of sp³-hybridized carbons (Fsp3) is 0.882. The molecular formula is C17H25F3N2O. The predicted molar refractivity (Wildman–Crippen MR) is 82.1 cm³/mol. The summed E-state index contributed by atoms with van der Waals surface area (Å²) < 4.78 is 36.9. The minimum atomic E-state index is -4.05. The Morgan fingerprint density at radius 3 is 2.35 bits per heavy atom. The van der Waals surface area contributed by atoms with Crippen molar-refractivity contribution in [3.8, 4) is 0 Å². The van der Waals surface area contributed by atoms with E-state index in [1.165, 1.54) is 6.42 Å². The first-order valence-electron chi connectivity index (χ1n) is 8.86. The molecule has 3 nitrogen and oxygen atoms in total. The number of carbonyl (C=O) groups is 1. The Hall–Kier alpha value is -1.07. The van der Waals surface area contributed by atoms with E-state index in [0.29, 0.717) is 0 Å². The van der Waals surface area contributed by atoms with E-state index in [4.69, 9.17) is 4.99 Å². The van der Waals surface area contributed by atoms with Crippen molar-refractivity contribution in [1.29, 1.82) is 0 Å². The molecule has 1 N–H and O–H groups in total. The third kappa shape index (κ3) is 3.89. The minimum Gasteiger partial charge on any atom is -0.312 e. The Kier molecular flexibility index (Phi) is 4.70. The highest BCUT2D eigenvalue weighted by atomic mass is 19.4. The number of aliphatic imine (C=N–C) groups is 1. The monoisotopic (exact) mass is 330 g/mol. The van der Waals surface area contributed by atoms with Crippen LogP contribution in [0.15, 0.2) is 4.99 Å². The van der Waals surface area contributed by atoms with Gasteiger partial charge in [-0.05, 0) is 50.9 Å². The molecule has 0 aromatic heterocycles. The second-order valence-electron chi connectivity index (χ2n) is 7.41. The van der Waals surface area contributed by atoms with Crippen LogP contribution < -0.4 is 5.32 Å². The summed E-state index contributed by atoms with van der Waals surface area (Å²) in [4.78, 5) is 17.1. The number of nitrogens with one attached hydrogen (secondary N) is 1. The van der Waals surface area contributed by atoms with Gasteiger partial charge < -0.3 is 5.32 Å². The molecule has 0 radical (unpaired) electrons. The van der Waals surface area contributed by atoms with Gasteiger partial charge in [0.2, 0.25) is 0 Å². The van der Waals surface area contributed by atoms with Crippen LogP contribution in [0, 0.1) is 11.8 Å². The van der Waals surface area contributed by atoms with Crippen molar-refractivity contribution >= 4 is 11.7 Å². The van der Waals surface area contributed by atoms with E-state index < -0.39 is 18.1 Å². The largest absolute Gasteiger partial charge is 0.389 e. The second-order valence-corrected chi connectivity index (χ2v) is 7.41. The average Bonchev–Trinajstić information content (AvgIpc) is 2.82. The lowest BCUT2D eigenvalue weighted by molar-refractivity contribution is -0.138. The van der Waals surface area contributed by atoms with Gasteiger partial charge in [-0.2, -0.15) is 13.2 Å². The van der Waals surface area contributed by atoms with Crippen LogP contribution in [-0.4, -0.2) is 23.5 Å². The third-order valence-electron chi connectivity index (χ3n) is 5.75. The zero-order valence-electron chi connectivity index (χ0n) is 13.4. The van der Waals surface area contributed by atoms with Crippen LogP contribution in [0.1, 0.15) is 70.6 Å². The zero-order valence-corrected chi connectivity index (χ0v) is 13.4. The van der Waals surface area contributed by atoms with E-state index in [9.17, 15) is 18.0 Å². The summed E-state index contributed by atoms with van der Waals surface area (Å²) in [7, 11) is 0. The van der Waals surface area contributed by atoms with Crippen molar-refractivity contribution in [3.05, 3.63) is 0 Å². The van der Waals surface area contributed by atoms with Crippen LogP contribution in [0.2, 0.25) is 0 Å². The van der Waals surface area contributed by atoms with E-state index in [1.54, 1.807) is 0 Å². The summed E-state index contributed by atoms with van der Waals surface area (Å²) in [6.07, 6.45) is 3.76. The van der Waals surface area contributed by atoms with Gasteiger partial charge in [-0.15, -0.1) is 0 Å². The summed E-state index contributed by atoms with van der Waals surface area (Å²) in [5.41, 5.74) is -0.527. The zero-order chi connectivity index (χ0) is 16.5. The van der Waals surface area contributed by atoms with Crippen LogP contribution in [0.5, 0.6) is 0 Å². The van der Waals surface area contributed by atoms with Crippen LogP contribution >= 0.6 is 0 Å². The quantitative estimate of drug-likeness (QED) is 0.820. The molecule has 3 aliphatic rings. The first kappa shape index (κ1) is 16.8. The number of amides is 1. The lowest BCUT2D eigenvalue weighted by atomic mass is 9.79. The van der Waals surface area contributed by atoms with Gasteiger partial charge in [-0.25, -0.2) is 0 Å². The Morgan fingerprint density at radius 1 is 1.09 bits per heavy atom. The van der Waals surface area contributed by atoms with Gasteiger partial charge >= 0.3 is 6.18 Å². The maximum absolute atomic E-state index is 12.3. The number of hydrogen-bond donors (Lipinski definition) is 1. The molecule has 0 saturated heterocycles. The maximum atomic E-state index is 12.3. The molecule has 0 atom stereocenters. The summed E-state index contributed by atoms with van der Waals surface area (Å²) in [5, 5.41) is 2.99. The summed E-state index contributed by atoms with van der Waals surface area (Å²) in [6.45, 7) is 0. The standard InChI is InChI=1S/C17H25F3N2O/c18-17(19,20)11-8-12-4-6-13(7-5-12)14-21-15(23)16(22-14)9-2-1-3-10-16/h12-13H,1-11H2,(H,21,22,23)/t12-,13-. The van der Waals surface area contributed by atoms with Crippen molar-refractivity contribution in [1.82, 2.24) is 5.32 Å². The van der Waals surface area contributed by atoms with Crippen molar-refractivity contribution in [2.75, 3.05) is 0 Å². The summed E-state index contributed by atoms with van der Waals surface area (Å²) in [6, 6.07) is 0. The number of alkyl halides is 3. The number of amidine groups is 1. The SMILES string of the molecule is O=C1NC([C@H]2CC[C@H](CCC(F)(F)F)CC2)=NC12CCCCC2. The molecule has 23 heavy (non-hydrogen) atoms. The maximum Gasteiger partial charge on any atom is 0.389 e. The van der Waals surface area contributed by atoms with Gasteiger partial charge in [0.05, 0.1) is 0 Å². The number of carbonyl (C=O) groups excluding carboxylic acids is 1. The molecule has 0 aromatic rings. The van der Waals surface area contributed by atoms with Crippen LogP contribution in [0.4, 0.5) is 13.2 Å². The van der Waals surface area contributed by atoms with E-state index in [0.717, 1.165) is 57.2 Å². The minimum absolute atomic E-state index is 0.0476. The Morgan fingerprint density at radius 2 is 1.74 bits per heavy atom. The molecule has 2 aliphatic carbocycles. The normalized spacial score (nSPS) is 31.1. The third-order valence-corrected chi connectivity index (χ3v) is 5.75. The Labute approximate surface area is 135 Å². The highest BCUT2D eigenvalue weighted by Gasteiger charge is 2.45. The van der Waals surface area contributed by atoms with Crippen LogP contribution in [0.3, 0.4) is 0 Å². The Bertz CT molecular complexity index is 473. The predicted octanol–water partition coefficient (Wildman–Crippen LogP) is 4.37. The van der Waals surface area contributed by atoms with Gasteiger partial charge in [0.1, 0.15) is 11.4 Å². The van der Waals surface area contributed by atoms with E-state index in [1.807, 2.05) is 0 Å². The molecule has 1 spiro atoms. The number of nitrogens with zero attached hydrogens (tertiary/aromatic N) is 1. The molecule has 1 heterocycles. The van der Waals surface area contributed by atoms with Gasteiger partial charge in [0, 0.05) is 12.3 Å². The molecule has 0 bridgehead atoms. The molecule has 1 aliphatic heterocycles. The molecule has 6 heteroatoms. The highest BCUT2D eigenvalue weighted by Crippen LogP contribution is 2.39. The number of hydrogen-bond acceptors (Lipinski definition) is 2. The van der Waals surface area contributed by atoms with Crippen molar-refractivity contribution in [2.45, 2.75) is 82.3 Å². The van der Waals surface area contributed by atoms with E-state index in [2.05, 4.69) is 5.32 Å². The van der Waals surface area contributed by atoms with Gasteiger partial charge in [-0.1, -0.05) is 19.3 Å². The molecule has 3 rings (SSSR count). The first-order chi connectivity index (χ1) is 10.9. The van der Waals surface area contributed by atoms with E-state index in [-0.39, 0.29) is 24.2 Å². The molecule has 2 fully saturated rings. The van der Waals surface area contributed by atoms with Gasteiger partial charge in [-0.3, -0.25) is 9.79 Å². The topological polar surface area (TPSA) is 41.5 Å². The van der Waals surface area contributed by atoms with E-state index >= 15 is 0 Å². The fourth-order valence-corrected chi connectivity index (χ4v) is 4.30. The lowest BCUT2D eigenvalue weighted by Crippen LogP contribution is -2.42. The number of rotatable bonds is 3. The lowest BCUT2D eigenvalue weighted by Gasteiger charge is -2.29. The number of halogens is 3. The average molecular weight is 330 g/mol. The fourth-order valence-electron chi connectivity index (χ4n) is 4.30. The molecule has 0 aromatic carbocycles. The summed E-state index contributed by atoms with van der Waals surface area (Å²) in [5.74, 6) is 1.24. The van der Waals surface area contributed by atoms with Crippen LogP contribution in [-0.2, 0) is 4.79 Å². The van der Waals surface area contributed by atoms with Crippen molar-refractivity contribution in [3.63, 3.8) is 0 Å². The second kappa shape index (κ2) is 6.44. The molecule has 2 saturated carbocycles. The molecular weight excluding hydrogens is 305 g/mol. The van der Waals surface area contributed by atoms with Crippen molar-refractivity contribution in [2.24, 2.45) is 16.8 Å². The molecule has 0 unspecified atom stereocenters. The molecule has 1 amide bonds. The van der Waals surface area contributed by atoms with Gasteiger partial charge in [0.15, 0.2) is 0 Å².